The molecule has 4 nitrogen and oxygen atoms in total. The van der Waals surface area contributed by atoms with E-state index in [0.29, 0.717) is 15.9 Å². The van der Waals surface area contributed by atoms with Crippen molar-refractivity contribution in [2.75, 3.05) is 0 Å². The third-order valence-electron chi connectivity index (χ3n) is 2.92. The van der Waals surface area contributed by atoms with Gasteiger partial charge in [0.2, 0.25) is 5.82 Å². The van der Waals surface area contributed by atoms with Crippen LogP contribution in [0.3, 0.4) is 0 Å². The van der Waals surface area contributed by atoms with Crippen molar-refractivity contribution in [3.8, 4) is 17.1 Å². The van der Waals surface area contributed by atoms with Gasteiger partial charge < -0.3 is 9.63 Å². The van der Waals surface area contributed by atoms with E-state index in [4.69, 9.17) is 27.7 Å². The molecule has 0 saturated carbocycles. The monoisotopic (exact) mass is 332 g/mol. The number of hydrogen-bond acceptors (Lipinski definition) is 4. The minimum Gasteiger partial charge on any atom is -0.508 e. The van der Waals surface area contributed by atoms with E-state index in [1.807, 2.05) is 0 Å². The van der Waals surface area contributed by atoms with Crippen LogP contribution in [-0.2, 0) is 0 Å². The zero-order valence-corrected chi connectivity index (χ0v) is 12.7. The maximum Gasteiger partial charge on any atom is 0.269 e. The molecule has 0 fully saturated rings. The van der Waals surface area contributed by atoms with Crippen molar-refractivity contribution >= 4 is 34.3 Å². The molecule has 0 aliphatic heterocycles. The Morgan fingerprint density at radius 2 is 1.73 bits per heavy atom. The Hall–Kier alpha value is -2.30. The average Bonchev–Trinajstić information content (AvgIpc) is 3.00. The normalized spacial score (nSPS) is 11.6. The van der Waals surface area contributed by atoms with Crippen LogP contribution < -0.4 is 0 Å². The highest BCUT2D eigenvalue weighted by Gasteiger charge is 2.11. The maximum absolute atomic E-state index is 9.25. The van der Waals surface area contributed by atoms with Crippen molar-refractivity contribution in [3.63, 3.8) is 0 Å². The van der Waals surface area contributed by atoms with Gasteiger partial charge in [-0.1, -0.05) is 40.5 Å². The Kier molecular flexibility index (Phi) is 4.13. The number of nitrogens with zero attached hydrogens (tertiary/aromatic N) is 2. The zero-order chi connectivity index (χ0) is 15.5. The number of halogens is 2. The predicted molar refractivity (Wildman–Crippen MR) is 86.6 cm³/mol. The summed E-state index contributed by atoms with van der Waals surface area (Å²) in [5, 5.41) is 14.1. The molecule has 0 saturated heterocycles. The van der Waals surface area contributed by atoms with Gasteiger partial charge in [0.1, 0.15) is 10.8 Å². The fraction of sp³-hybridized carbons (Fsp3) is 0. The lowest BCUT2D eigenvalue weighted by Gasteiger charge is -1.95. The van der Waals surface area contributed by atoms with Crippen molar-refractivity contribution in [2.45, 2.75) is 0 Å². The number of hydrogen-bond donors (Lipinski definition) is 1. The topological polar surface area (TPSA) is 59.2 Å². The highest BCUT2D eigenvalue weighted by molar-refractivity contribution is 6.50. The summed E-state index contributed by atoms with van der Waals surface area (Å²) >= 11 is 12.0. The molecular weight excluding hydrogens is 323 g/mol. The van der Waals surface area contributed by atoms with Crippen molar-refractivity contribution in [2.24, 2.45) is 0 Å². The smallest absolute Gasteiger partial charge is 0.269 e. The first-order chi connectivity index (χ1) is 10.6. The Balaban J connectivity index is 1.86. The van der Waals surface area contributed by atoms with Gasteiger partial charge in [-0.25, -0.2) is 0 Å². The van der Waals surface area contributed by atoms with Crippen LogP contribution >= 0.6 is 23.2 Å². The van der Waals surface area contributed by atoms with E-state index in [9.17, 15) is 5.11 Å². The molecule has 6 heteroatoms. The SMILES string of the molecule is Oc1ccc(/C=C(\Cl)c2nc(-c3ccc(Cl)cc3)no2)cc1. The Morgan fingerprint density at radius 3 is 2.41 bits per heavy atom. The highest BCUT2D eigenvalue weighted by atomic mass is 35.5. The summed E-state index contributed by atoms with van der Waals surface area (Å²) in [6, 6.07) is 13.7. The minimum absolute atomic E-state index is 0.191. The summed E-state index contributed by atoms with van der Waals surface area (Å²) in [6.07, 6.45) is 1.68. The van der Waals surface area contributed by atoms with E-state index >= 15 is 0 Å². The molecule has 110 valence electrons. The summed E-state index contributed by atoms with van der Waals surface area (Å²) in [7, 11) is 0. The molecule has 0 spiro atoms. The van der Waals surface area contributed by atoms with E-state index in [2.05, 4.69) is 10.1 Å². The predicted octanol–water partition coefficient (Wildman–Crippen LogP) is 4.83. The van der Waals surface area contributed by atoms with Crippen LogP contribution in [0, 0.1) is 0 Å². The number of rotatable bonds is 3. The van der Waals surface area contributed by atoms with E-state index < -0.39 is 0 Å². The summed E-state index contributed by atoms with van der Waals surface area (Å²) in [6.45, 7) is 0. The fourth-order valence-corrected chi connectivity index (χ4v) is 2.14. The average molecular weight is 333 g/mol. The third kappa shape index (κ3) is 3.30. The molecule has 0 aliphatic carbocycles. The number of benzene rings is 2. The Morgan fingerprint density at radius 1 is 1.05 bits per heavy atom. The molecule has 0 bridgehead atoms. The van der Waals surface area contributed by atoms with Crippen molar-refractivity contribution < 1.29 is 9.63 Å². The number of aromatic hydroxyl groups is 1. The molecule has 1 aromatic heterocycles. The molecule has 0 aliphatic rings. The molecule has 2 aromatic carbocycles. The van der Waals surface area contributed by atoms with Crippen molar-refractivity contribution in [1.29, 1.82) is 0 Å². The molecule has 3 aromatic rings. The second kappa shape index (κ2) is 6.22. The number of aromatic nitrogens is 2. The molecule has 0 unspecified atom stereocenters. The Bertz CT molecular complexity index is 809. The van der Waals surface area contributed by atoms with Crippen LogP contribution in [0.2, 0.25) is 5.02 Å². The largest absolute Gasteiger partial charge is 0.508 e. The summed E-state index contributed by atoms with van der Waals surface area (Å²) in [5.74, 6) is 0.847. The molecule has 0 atom stereocenters. The van der Waals surface area contributed by atoms with Crippen LogP contribution in [0.25, 0.3) is 22.5 Å². The fourth-order valence-electron chi connectivity index (χ4n) is 1.82. The summed E-state index contributed by atoms with van der Waals surface area (Å²) < 4.78 is 5.16. The lowest BCUT2D eigenvalue weighted by molar-refractivity contribution is 0.410. The van der Waals surface area contributed by atoms with Gasteiger partial charge in [-0.2, -0.15) is 4.98 Å². The molecule has 22 heavy (non-hydrogen) atoms. The quantitative estimate of drug-likeness (QED) is 0.746. The van der Waals surface area contributed by atoms with Crippen molar-refractivity contribution in [3.05, 3.63) is 65.0 Å². The van der Waals surface area contributed by atoms with Gasteiger partial charge >= 0.3 is 0 Å². The van der Waals surface area contributed by atoms with E-state index in [-0.39, 0.29) is 11.6 Å². The van der Waals surface area contributed by atoms with Gasteiger partial charge in [0.05, 0.1) is 0 Å². The molecule has 1 N–H and O–H groups in total. The number of phenols is 1. The first kappa shape index (κ1) is 14.6. The van der Waals surface area contributed by atoms with E-state index in [0.717, 1.165) is 11.1 Å². The van der Waals surface area contributed by atoms with Crippen LogP contribution in [0.4, 0.5) is 0 Å². The maximum atomic E-state index is 9.25. The second-order valence-electron chi connectivity index (χ2n) is 4.51. The van der Waals surface area contributed by atoms with Gasteiger partial charge in [0, 0.05) is 10.6 Å². The van der Waals surface area contributed by atoms with Crippen LogP contribution in [0.1, 0.15) is 11.5 Å². The van der Waals surface area contributed by atoms with Crippen LogP contribution in [0.15, 0.2) is 53.1 Å². The molecular formula is C16H10Cl2N2O2. The molecule has 3 rings (SSSR count). The second-order valence-corrected chi connectivity index (χ2v) is 5.36. The first-order valence-electron chi connectivity index (χ1n) is 6.38. The van der Waals surface area contributed by atoms with E-state index in [1.165, 1.54) is 0 Å². The lowest BCUT2D eigenvalue weighted by Crippen LogP contribution is -1.81. The van der Waals surface area contributed by atoms with E-state index in [1.54, 1.807) is 54.6 Å². The van der Waals surface area contributed by atoms with Gasteiger partial charge in [0.25, 0.3) is 5.89 Å². The van der Waals surface area contributed by atoms with Gasteiger partial charge in [-0.05, 0) is 48.0 Å². The van der Waals surface area contributed by atoms with Gasteiger partial charge in [-0.15, -0.1) is 0 Å². The summed E-state index contributed by atoms with van der Waals surface area (Å²) in [5.41, 5.74) is 1.60. The highest BCUT2D eigenvalue weighted by Crippen LogP contribution is 2.25. The molecule has 0 amide bonds. The van der Waals surface area contributed by atoms with Crippen molar-refractivity contribution in [1.82, 2.24) is 10.1 Å². The molecule has 1 heterocycles. The Labute approximate surface area is 136 Å². The van der Waals surface area contributed by atoms with Crippen LogP contribution in [0.5, 0.6) is 5.75 Å². The lowest BCUT2D eigenvalue weighted by atomic mass is 10.2. The summed E-state index contributed by atoms with van der Waals surface area (Å²) in [4.78, 5) is 4.25. The first-order valence-corrected chi connectivity index (χ1v) is 7.14. The molecule has 0 radical (unpaired) electrons. The zero-order valence-electron chi connectivity index (χ0n) is 11.2. The minimum atomic E-state index is 0.191. The third-order valence-corrected chi connectivity index (χ3v) is 3.44. The van der Waals surface area contributed by atoms with Gasteiger partial charge in [-0.3, -0.25) is 0 Å². The van der Waals surface area contributed by atoms with Crippen LogP contribution in [-0.4, -0.2) is 15.2 Å². The number of phenolic OH excluding ortho intramolecular Hbond substituents is 1. The van der Waals surface area contributed by atoms with Gasteiger partial charge in [0.15, 0.2) is 0 Å². The standard InChI is InChI=1S/C16H10Cl2N2O2/c17-12-5-3-11(4-6-12)15-19-16(22-20-15)14(18)9-10-1-7-13(21)8-2-10/h1-9,21H/b14-9-.